The van der Waals surface area contributed by atoms with Gasteiger partial charge in [0, 0.05) is 24.0 Å². The van der Waals surface area contributed by atoms with Gasteiger partial charge >= 0.3 is 11.9 Å². The molecular formula is C32H40N8O6+2. The minimum atomic E-state index is -1.00. The minimum Gasteiger partial charge on any atom is -0.369 e. The molecule has 0 amide bonds. The van der Waals surface area contributed by atoms with Gasteiger partial charge in [0.2, 0.25) is 0 Å². The second-order valence-electron chi connectivity index (χ2n) is 11.5. The van der Waals surface area contributed by atoms with Crippen LogP contribution in [-0.2, 0) is 41.8 Å². The average Bonchev–Trinajstić information content (AvgIpc) is 3.77. The fourth-order valence-electron chi connectivity index (χ4n) is 5.79. The van der Waals surface area contributed by atoms with E-state index in [1.807, 2.05) is 60.7 Å². The molecule has 0 unspecified atom stereocenters. The van der Waals surface area contributed by atoms with Gasteiger partial charge in [-0.3, -0.25) is 9.68 Å². The molecule has 6 rings (SSSR count). The molecule has 0 atom stereocenters. The van der Waals surface area contributed by atoms with Crippen LogP contribution in [0.1, 0.15) is 12.8 Å². The van der Waals surface area contributed by atoms with Gasteiger partial charge in [-0.15, -0.1) is 9.29 Å². The number of morpholine rings is 2. The van der Waals surface area contributed by atoms with Crippen LogP contribution in [0.4, 0.5) is 0 Å². The smallest absolute Gasteiger partial charge is 0.369 e. The molecule has 2 aromatic carbocycles. The Balaban J connectivity index is 1.03. The summed E-state index contributed by atoms with van der Waals surface area (Å²) >= 11 is 0. The van der Waals surface area contributed by atoms with E-state index >= 15 is 0 Å². The van der Waals surface area contributed by atoms with E-state index in [2.05, 4.69) is 20.4 Å². The summed E-state index contributed by atoms with van der Waals surface area (Å²) in [6.07, 6.45) is 4.75. The number of carbonyl (C=O) groups is 2. The van der Waals surface area contributed by atoms with Gasteiger partial charge in [0.1, 0.15) is 50.7 Å². The number of nitrogens with zero attached hydrogens (tertiary/aromatic N) is 8. The van der Waals surface area contributed by atoms with Gasteiger partial charge in [-0.05, 0) is 0 Å². The Bertz CT molecular complexity index is 1450. The highest BCUT2D eigenvalue weighted by Crippen LogP contribution is 2.20. The van der Waals surface area contributed by atoms with E-state index in [1.54, 1.807) is 22.0 Å². The van der Waals surface area contributed by atoms with Crippen LogP contribution in [-0.4, -0.2) is 117 Å². The first-order valence-corrected chi connectivity index (χ1v) is 15.8. The van der Waals surface area contributed by atoms with E-state index in [-0.39, 0.29) is 9.29 Å². The molecule has 4 aromatic rings. The van der Waals surface area contributed by atoms with Crippen molar-refractivity contribution >= 4 is 11.9 Å². The molecule has 4 heterocycles. The number of hydroxylamine groups is 6. The van der Waals surface area contributed by atoms with Gasteiger partial charge in [0.15, 0.2) is 0 Å². The summed E-state index contributed by atoms with van der Waals surface area (Å²) in [5.41, 5.74) is 3.58. The molecule has 0 spiro atoms. The van der Waals surface area contributed by atoms with Crippen LogP contribution in [0.15, 0.2) is 73.1 Å². The highest BCUT2D eigenvalue weighted by Gasteiger charge is 2.43. The predicted molar refractivity (Wildman–Crippen MR) is 164 cm³/mol. The summed E-state index contributed by atoms with van der Waals surface area (Å²) in [4.78, 5) is 41.5. The zero-order chi connectivity index (χ0) is 31.7. The van der Waals surface area contributed by atoms with Crippen LogP contribution in [0, 0.1) is 0 Å². The molecule has 0 saturated carbocycles. The molecule has 0 aliphatic carbocycles. The molecule has 14 nitrogen and oxygen atoms in total. The summed E-state index contributed by atoms with van der Waals surface area (Å²) in [6, 6.07) is 19.7. The summed E-state index contributed by atoms with van der Waals surface area (Å²) < 4.78 is 11.1. The predicted octanol–water partition coefficient (Wildman–Crippen LogP) is 2.29. The molecule has 2 aromatic heterocycles. The summed E-state index contributed by atoms with van der Waals surface area (Å²) in [6.45, 7) is 5.50. The van der Waals surface area contributed by atoms with E-state index in [1.165, 1.54) is 0 Å². The van der Waals surface area contributed by atoms with Crippen LogP contribution in [0.3, 0.4) is 0 Å². The van der Waals surface area contributed by atoms with E-state index < -0.39 is 11.9 Å². The highest BCUT2D eigenvalue weighted by atomic mass is 16.8. The van der Waals surface area contributed by atoms with Crippen LogP contribution >= 0.6 is 0 Å². The lowest BCUT2D eigenvalue weighted by Gasteiger charge is -2.38. The van der Waals surface area contributed by atoms with Crippen molar-refractivity contribution in [3.63, 3.8) is 0 Å². The Labute approximate surface area is 267 Å². The third kappa shape index (κ3) is 8.01. The van der Waals surface area contributed by atoms with E-state index in [9.17, 15) is 9.59 Å². The number of ether oxygens (including phenoxy) is 2. The Morgan fingerprint density at radius 1 is 0.630 bits per heavy atom. The summed E-state index contributed by atoms with van der Waals surface area (Å²) in [5, 5.41) is 17.9. The fraction of sp³-hybridized carbons (Fsp3) is 0.438. The number of benzene rings is 2. The van der Waals surface area contributed by atoms with E-state index in [0.717, 1.165) is 22.5 Å². The molecule has 0 bridgehead atoms. The van der Waals surface area contributed by atoms with Crippen LogP contribution in [0.2, 0.25) is 0 Å². The monoisotopic (exact) mass is 632 g/mol. The maximum absolute atomic E-state index is 13.2. The molecule has 2 fully saturated rings. The lowest BCUT2D eigenvalue weighted by molar-refractivity contribution is -1.10. The Morgan fingerprint density at radius 3 is 1.41 bits per heavy atom. The maximum atomic E-state index is 13.2. The lowest BCUT2D eigenvalue weighted by Crippen LogP contribution is -2.60. The molecular weight excluding hydrogens is 592 g/mol. The van der Waals surface area contributed by atoms with Crippen molar-refractivity contribution in [1.82, 2.24) is 30.0 Å². The highest BCUT2D eigenvalue weighted by molar-refractivity contribution is 6.29. The number of quaternary nitrogens is 2. The average molecular weight is 633 g/mol. The van der Waals surface area contributed by atoms with Crippen LogP contribution in [0.25, 0.3) is 22.5 Å². The van der Waals surface area contributed by atoms with Gasteiger partial charge in [0.05, 0.1) is 51.9 Å². The summed E-state index contributed by atoms with van der Waals surface area (Å²) in [5.74, 6) is -2.01. The first-order chi connectivity index (χ1) is 22.5. The normalized spacial score (nSPS) is 17.3. The molecule has 2 aliphatic rings. The third-order valence-electron chi connectivity index (χ3n) is 8.35. The van der Waals surface area contributed by atoms with Gasteiger partial charge in [-0.1, -0.05) is 60.7 Å². The largest absolute Gasteiger partial charge is 0.480 e. The molecule has 0 radical (unpaired) electrons. The fourth-order valence-corrected chi connectivity index (χ4v) is 5.79. The lowest BCUT2D eigenvalue weighted by atomic mass is 10.2. The molecule has 14 heteroatoms. The molecule has 2 saturated heterocycles. The van der Waals surface area contributed by atoms with Crippen molar-refractivity contribution in [1.29, 1.82) is 0 Å². The first-order valence-electron chi connectivity index (χ1n) is 15.8. The second kappa shape index (κ2) is 14.7. The van der Waals surface area contributed by atoms with E-state index in [4.69, 9.17) is 19.1 Å². The second-order valence-corrected chi connectivity index (χ2v) is 11.5. The maximum Gasteiger partial charge on any atom is 0.480 e. The van der Waals surface area contributed by atoms with Crippen molar-refractivity contribution in [3.05, 3.63) is 73.1 Å². The van der Waals surface area contributed by atoms with Crippen molar-refractivity contribution in [2.45, 2.75) is 25.9 Å². The van der Waals surface area contributed by atoms with Crippen LogP contribution < -0.4 is 0 Å². The Hall–Kier alpha value is -4.50. The van der Waals surface area contributed by atoms with Gasteiger partial charge in [-0.25, -0.2) is 9.59 Å². The molecule has 242 valence electrons. The van der Waals surface area contributed by atoms with Gasteiger partial charge in [-0.2, -0.15) is 30.0 Å². The van der Waals surface area contributed by atoms with Gasteiger partial charge < -0.3 is 9.47 Å². The molecule has 46 heavy (non-hydrogen) atoms. The zero-order valence-electron chi connectivity index (χ0n) is 25.9. The Kier molecular flexibility index (Phi) is 10.1. The minimum absolute atomic E-state index is 0.0153. The number of aromatic nitrogens is 6. The SMILES string of the molecule is O=C(O[N+]1(CCCn2ncc(-c3ccccc3)n2)CCOCC1)C(=O)O[N+]1(CCCn2ncc(-c3ccccc3)n2)CCOCC1. The van der Waals surface area contributed by atoms with E-state index in [0.29, 0.717) is 91.6 Å². The third-order valence-corrected chi connectivity index (χ3v) is 8.35. The zero-order valence-corrected chi connectivity index (χ0v) is 25.9. The number of aryl methyl sites for hydroxylation is 2. The van der Waals surface area contributed by atoms with Crippen molar-refractivity contribution in [3.8, 4) is 22.5 Å². The first kappa shape index (κ1) is 31.5. The number of hydrogen-bond acceptors (Lipinski definition) is 10. The molecule has 2 aliphatic heterocycles. The quantitative estimate of drug-likeness (QED) is 0.169. The number of rotatable bonds is 12. The molecule has 0 N–H and O–H groups in total. The Morgan fingerprint density at radius 2 is 1.02 bits per heavy atom. The van der Waals surface area contributed by atoms with Crippen molar-refractivity contribution in [2.75, 3.05) is 65.7 Å². The standard InChI is InChI=1S/C32H40N8O6/c41-31(45-39(17-21-43-22-18-39)15-7-13-37-33-25-29(35-37)27-9-3-1-4-10-27)32(42)46-40(19-23-44-24-20-40)16-8-14-38-34-26-30(36-38)28-11-5-2-6-12-28/h1-6,9-12,25-26H,7-8,13-24H2/q+2. The van der Waals surface area contributed by atoms with Crippen molar-refractivity contribution in [2.24, 2.45) is 0 Å². The van der Waals surface area contributed by atoms with Gasteiger partial charge in [0.25, 0.3) is 0 Å². The summed E-state index contributed by atoms with van der Waals surface area (Å²) in [7, 11) is 0. The number of carbonyl (C=O) groups excluding carboxylic acids is 2. The topological polar surface area (TPSA) is 132 Å². The van der Waals surface area contributed by atoms with Crippen LogP contribution in [0.5, 0.6) is 0 Å². The van der Waals surface area contributed by atoms with Crippen molar-refractivity contribution < 1.29 is 38.0 Å². The number of hydrogen-bond donors (Lipinski definition) is 0.